The first-order valence-electron chi connectivity index (χ1n) is 11.0. The van der Waals surface area contributed by atoms with Crippen LogP contribution in [0, 0.1) is 0 Å². The first-order valence-corrected chi connectivity index (χ1v) is 12.5. The van der Waals surface area contributed by atoms with Crippen molar-refractivity contribution in [2.75, 3.05) is 25.5 Å². The van der Waals surface area contributed by atoms with Crippen LogP contribution in [0.4, 0.5) is 5.69 Å². The molecule has 1 fully saturated rings. The highest BCUT2D eigenvalue weighted by molar-refractivity contribution is 7.89. The third-order valence-electron chi connectivity index (χ3n) is 6.62. The molecule has 2 aliphatic rings. The maximum Gasteiger partial charge on any atom is 0.243 e. The van der Waals surface area contributed by atoms with Gasteiger partial charge in [0.1, 0.15) is 0 Å². The fourth-order valence-electron chi connectivity index (χ4n) is 4.72. The number of amides is 2. The molecule has 0 saturated heterocycles. The number of aryl methyl sites for hydroxylation is 1. The maximum absolute atomic E-state index is 13.0. The monoisotopic (exact) mass is 455 g/mol. The predicted molar refractivity (Wildman–Crippen MR) is 123 cm³/mol. The van der Waals surface area contributed by atoms with Gasteiger partial charge in [0.2, 0.25) is 21.8 Å². The van der Waals surface area contributed by atoms with E-state index in [0.29, 0.717) is 25.1 Å². The summed E-state index contributed by atoms with van der Waals surface area (Å²) in [5.74, 6) is -0.388. The van der Waals surface area contributed by atoms with Gasteiger partial charge in [0, 0.05) is 31.1 Å². The Hall–Kier alpha value is -2.71. The highest BCUT2D eigenvalue weighted by Crippen LogP contribution is 2.40. The minimum atomic E-state index is -3.83. The van der Waals surface area contributed by atoms with Crippen LogP contribution in [0.1, 0.15) is 43.2 Å². The van der Waals surface area contributed by atoms with Gasteiger partial charge < -0.3 is 10.6 Å². The second-order valence-electron chi connectivity index (χ2n) is 8.76. The molecule has 0 atom stereocenters. The van der Waals surface area contributed by atoms with E-state index >= 15 is 0 Å². The van der Waals surface area contributed by atoms with Crippen LogP contribution in [0.25, 0.3) is 0 Å². The number of anilines is 1. The van der Waals surface area contributed by atoms with Crippen molar-refractivity contribution in [1.29, 1.82) is 0 Å². The van der Waals surface area contributed by atoms with Gasteiger partial charge in [-0.15, -0.1) is 0 Å². The summed E-state index contributed by atoms with van der Waals surface area (Å²) in [4.78, 5) is 24.3. The van der Waals surface area contributed by atoms with Crippen LogP contribution in [0.2, 0.25) is 0 Å². The molecule has 2 aromatic carbocycles. The predicted octanol–water partition coefficient (Wildman–Crippen LogP) is 2.82. The van der Waals surface area contributed by atoms with Crippen LogP contribution in [0.3, 0.4) is 0 Å². The summed E-state index contributed by atoms with van der Waals surface area (Å²) in [7, 11) is -2.41. The van der Waals surface area contributed by atoms with Crippen molar-refractivity contribution in [2.45, 2.75) is 48.8 Å². The van der Waals surface area contributed by atoms with Crippen molar-refractivity contribution in [3.8, 4) is 0 Å². The fraction of sp³-hybridized carbons (Fsp3) is 0.417. The third-order valence-corrected chi connectivity index (χ3v) is 8.42. The van der Waals surface area contributed by atoms with Gasteiger partial charge in [0.25, 0.3) is 0 Å². The van der Waals surface area contributed by atoms with E-state index in [4.69, 9.17) is 0 Å². The Labute approximate surface area is 189 Å². The lowest BCUT2D eigenvalue weighted by atomic mass is 9.79. The van der Waals surface area contributed by atoms with Gasteiger partial charge in [0.15, 0.2) is 0 Å². The van der Waals surface area contributed by atoms with Crippen LogP contribution in [-0.4, -0.2) is 44.7 Å². The van der Waals surface area contributed by atoms with Gasteiger partial charge >= 0.3 is 0 Å². The van der Waals surface area contributed by atoms with Crippen molar-refractivity contribution < 1.29 is 18.0 Å². The number of rotatable bonds is 7. The molecular weight excluding hydrogens is 426 g/mol. The summed E-state index contributed by atoms with van der Waals surface area (Å²) in [6.07, 6.45) is 5.10. The molecule has 4 rings (SSSR count). The standard InChI is InChI=1S/C24H29N3O4S/c1-27(32(30,31)20-10-11-21-18(15-20)9-12-22(28)26-21)16-23(29)25-17-24(13-5-6-14-24)19-7-3-2-4-8-19/h2-4,7-8,10-11,15H,5-6,9,12-14,16-17H2,1H3,(H,25,29)(H,26,28). The maximum atomic E-state index is 13.0. The second-order valence-corrected chi connectivity index (χ2v) is 10.8. The topological polar surface area (TPSA) is 95.6 Å². The summed E-state index contributed by atoms with van der Waals surface area (Å²) >= 11 is 0. The fourth-order valence-corrected chi connectivity index (χ4v) is 5.90. The zero-order valence-corrected chi connectivity index (χ0v) is 19.1. The first-order chi connectivity index (χ1) is 15.3. The van der Waals surface area contributed by atoms with Crippen molar-refractivity contribution in [3.63, 3.8) is 0 Å². The molecular formula is C24H29N3O4S. The average Bonchev–Trinajstić information content (AvgIpc) is 3.28. The molecule has 0 bridgehead atoms. The largest absolute Gasteiger partial charge is 0.354 e. The molecule has 1 aliphatic carbocycles. The van der Waals surface area contributed by atoms with Crippen molar-refractivity contribution in [1.82, 2.24) is 9.62 Å². The van der Waals surface area contributed by atoms with Crippen LogP contribution < -0.4 is 10.6 Å². The Balaban J connectivity index is 1.41. The van der Waals surface area contributed by atoms with E-state index in [2.05, 4.69) is 22.8 Å². The van der Waals surface area contributed by atoms with Crippen molar-refractivity contribution in [2.24, 2.45) is 0 Å². The third kappa shape index (κ3) is 4.56. The van der Waals surface area contributed by atoms with Gasteiger partial charge in [-0.25, -0.2) is 8.42 Å². The zero-order chi connectivity index (χ0) is 22.8. The van der Waals surface area contributed by atoms with E-state index in [1.165, 1.54) is 18.7 Å². The smallest absolute Gasteiger partial charge is 0.243 e. The van der Waals surface area contributed by atoms with Gasteiger partial charge in [-0.1, -0.05) is 43.2 Å². The lowest BCUT2D eigenvalue weighted by Crippen LogP contribution is -2.44. The number of fused-ring (bicyclic) bond motifs is 1. The average molecular weight is 456 g/mol. The van der Waals surface area contributed by atoms with E-state index in [-0.39, 0.29) is 28.7 Å². The summed E-state index contributed by atoms with van der Waals surface area (Å²) in [5.41, 5.74) is 2.56. The highest BCUT2D eigenvalue weighted by Gasteiger charge is 2.36. The van der Waals surface area contributed by atoms with Crippen LogP contribution >= 0.6 is 0 Å². The number of nitrogens with zero attached hydrogens (tertiary/aromatic N) is 1. The molecule has 2 aromatic rings. The Kier molecular flexibility index (Phi) is 6.35. The molecule has 0 unspecified atom stereocenters. The number of benzene rings is 2. The highest BCUT2D eigenvalue weighted by atomic mass is 32.2. The van der Waals surface area contributed by atoms with Gasteiger partial charge in [-0.3, -0.25) is 9.59 Å². The zero-order valence-electron chi connectivity index (χ0n) is 18.3. The molecule has 2 amide bonds. The van der Waals surface area contributed by atoms with Crippen LogP contribution in [0.5, 0.6) is 0 Å². The minimum Gasteiger partial charge on any atom is -0.354 e. The number of likely N-dealkylation sites (N-methyl/N-ethyl adjacent to an activating group) is 1. The number of nitrogens with one attached hydrogen (secondary N) is 2. The molecule has 0 radical (unpaired) electrons. The van der Waals surface area contributed by atoms with E-state index < -0.39 is 10.0 Å². The SMILES string of the molecule is CN(CC(=O)NCC1(c2ccccc2)CCCC1)S(=O)(=O)c1ccc2c(c1)CCC(=O)N2. The Bertz CT molecular complexity index is 1110. The molecule has 8 heteroatoms. The lowest BCUT2D eigenvalue weighted by Gasteiger charge is -2.30. The molecule has 170 valence electrons. The number of hydrogen-bond acceptors (Lipinski definition) is 4. The van der Waals surface area contributed by atoms with Gasteiger partial charge in [-0.2, -0.15) is 4.31 Å². The number of hydrogen-bond donors (Lipinski definition) is 2. The van der Waals surface area contributed by atoms with E-state index in [1.807, 2.05) is 18.2 Å². The van der Waals surface area contributed by atoms with Gasteiger partial charge in [0.05, 0.1) is 11.4 Å². The molecule has 0 aromatic heterocycles. The Morgan fingerprint density at radius 3 is 2.53 bits per heavy atom. The number of sulfonamides is 1. The molecule has 1 heterocycles. The molecule has 1 aliphatic heterocycles. The normalized spacial score (nSPS) is 17.6. The van der Waals surface area contributed by atoms with Gasteiger partial charge in [-0.05, 0) is 48.6 Å². The summed E-state index contributed by atoms with van der Waals surface area (Å²) in [5, 5.41) is 5.73. The summed E-state index contributed by atoms with van der Waals surface area (Å²) in [6, 6.07) is 14.9. The first kappa shape index (κ1) is 22.5. The molecule has 7 nitrogen and oxygen atoms in total. The second kappa shape index (κ2) is 9.03. The lowest BCUT2D eigenvalue weighted by molar-refractivity contribution is -0.121. The van der Waals surface area contributed by atoms with Crippen LogP contribution in [-0.2, 0) is 31.4 Å². The molecule has 0 spiro atoms. The van der Waals surface area contributed by atoms with E-state index in [1.54, 1.807) is 12.1 Å². The molecule has 1 saturated carbocycles. The van der Waals surface area contributed by atoms with E-state index in [9.17, 15) is 18.0 Å². The number of carbonyl (C=O) groups is 2. The van der Waals surface area contributed by atoms with Crippen LogP contribution in [0.15, 0.2) is 53.4 Å². The number of carbonyl (C=O) groups excluding carboxylic acids is 2. The Morgan fingerprint density at radius 2 is 1.81 bits per heavy atom. The van der Waals surface area contributed by atoms with E-state index in [0.717, 1.165) is 35.6 Å². The Morgan fingerprint density at radius 1 is 1.09 bits per heavy atom. The molecule has 2 N–H and O–H groups in total. The quantitative estimate of drug-likeness (QED) is 0.671. The minimum absolute atomic E-state index is 0.0718. The van der Waals surface area contributed by atoms with Crippen molar-refractivity contribution >= 4 is 27.5 Å². The van der Waals surface area contributed by atoms with Crippen molar-refractivity contribution in [3.05, 3.63) is 59.7 Å². The summed E-state index contributed by atoms with van der Waals surface area (Å²) < 4.78 is 27.1. The summed E-state index contributed by atoms with van der Waals surface area (Å²) in [6.45, 7) is 0.253. The molecule has 32 heavy (non-hydrogen) atoms.